The van der Waals surface area contributed by atoms with Gasteiger partial charge in [0.2, 0.25) is 0 Å². The number of amides is 1. The molecule has 2 aromatic carbocycles. The first kappa shape index (κ1) is 19.6. The third-order valence-corrected chi connectivity index (χ3v) is 3.92. The largest absolute Gasteiger partial charge is 0.497 e. The minimum Gasteiger partial charge on any atom is -0.497 e. The minimum atomic E-state index is -0.629. The van der Waals surface area contributed by atoms with Crippen LogP contribution in [0.5, 0.6) is 11.5 Å². The van der Waals surface area contributed by atoms with Crippen molar-refractivity contribution in [2.24, 2.45) is 0 Å². The summed E-state index contributed by atoms with van der Waals surface area (Å²) < 4.78 is 15.3. The van der Waals surface area contributed by atoms with Gasteiger partial charge in [-0.2, -0.15) is 0 Å². The third kappa shape index (κ3) is 5.39. The summed E-state index contributed by atoms with van der Waals surface area (Å²) >= 11 is 5.84. The molecule has 0 saturated heterocycles. The van der Waals surface area contributed by atoms with E-state index in [9.17, 15) is 9.59 Å². The van der Waals surface area contributed by atoms with Crippen molar-refractivity contribution in [2.75, 3.05) is 27.9 Å². The van der Waals surface area contributed by atoms with Crippen LogP contribution in [0.25, 0.3) is 0 Å². The summed E-state index contributed by atoms with van der Waals surface area (Å²) in [5, 5.41) is 0.630. The summed E-state index contributed by atoms with van der Waals surface area (Å²) in [6.45, 7) is 0.0307. The number of carbonyl (C=O) groups is 2. The van der Waals surface area contributed by atoms with Crippen LogP contribution in [0.15, 0.2) is 42.5 Å². The normalized spacial score (nSPS) is 10.2. The first-order valence-electron chi connectivity index (χ1n) is 7.81. The number of rotatable bonds is 7. The maximum Gasteiger partial charge on any atom is 0.338 e. The van der Waals surface area contributed by atoms with Crippen LogP contribution in [-0.4, -0.2) is 44.7 Å². The molecule has 0 heterocycles. The molecule has 0 bridgehead atoms. The summed E-state index contributed by atoms with van der Waals surface area (Å²) in [5.74, 6) is -0.0245. The maximum absolute atomic E-state index is 12.2. The Balaban J connectivity index is 1.93. The van der Waals surface area contributed by atoms with E-state index in [2.05, 4.69) is 0 Å². The lowest BCUT2D eigenvalue weighted by atomic mass is 10.2. The van der Waals surface area contributed by atoms with Crippen molar-refractivity contribution >= 4 is 23.5 Å². The number of esters is 1. The van der Waals surface area contributed by atoms with E-state index in [0.717, 1.165) is 5.56 Å². The molecule has 0 aromatic heterocycles. The summed E-state index contributed by atoms with van der Waals surface area (Å²) in [4.78, 5) is 25.8. The average Bonchev–Trinajstić information content (AvgIpc) is 2.66. The summed E-state index contributed by atoms with van der Waals surface area (Å²) in [5.41, 5.74) is 1.17. The number of halogens is 1. The first-order chi connectivity index (χ1) is 12.4. The molecule has 1 amide bonds. The number of benzene rings is 2. The Hall–Kier alpha value is -2.73. The van der Waals surface area contributed by atoms with Gasteiger partial charge in [-0.05, 0) is 29.8 Å². The van der Waals surface area contributed by atoms with Crippen molar-refractivity contribution in [2.45, 2.75) is 6.54 Å². The lowest BCUT2D eigenvalue weighted by Crippen LogP contribution is -2.30. The molecule has 0 fully saturated rings. The molecule has 0 N–H and O–H groups in total. The zero-order valence-electron chi connectivity index (χ0n) is 14.8. The van der Waals surface area contributed by atoms with Crippen LogP contribution in [-0.2, 0) is 16.1 Å². The number of hydrogen-bond acceptors (Lipinski definition) is 5. The molecule has 0 radical (unpaired) electrons. The highest BCUT2D eigenvalue weighted by Gasteiger charge is 2.15. The fraction of sp³-hybridized carbons (Fsp3) is 0.263. The summed E-state index contributed by atoms with van der Waals surface area (Å²) in [6, 6.07) is 11.9. The van der Waals surface area contributed by atoms with Gasteiger partial charge in [-0.3, -0.25) is 4.79 Å². The highest BCUT2D eigenvalue weighted by atomic mass is 35.5. The van der Waals surface area contributed by atoms with Gasteiger partial charge in [0.15, 0.2) is 6.61 Å². The van der Waals surface area contributed by atoms with Crippen LogP contribution in [0, 0.1) is 0 Å². The van der Waals surface area contributed by atoms with Crippen LogP contribution in [0.1, 0.15) is 15.9 Å². The fourth-order valence-electron chi connectivity index (χ4n) is 2.20. The smallest absolute Gasteiger partial charge is 0.338 e. The Labute approximate surface area is 157 Å². The molecule has 2 rings (SSSR count). The second-order valence-electron chi connectivity index (χ2n) is 5.55. The van der Waals surface area contributed by atoms with Crippen molar-refractivity contribution < 1.29 is 23.8 Å². The number of likely N-dealkylation sites (N-methyl/N-ethyl adjacent to an activating group) is 1. The van der Waals surface area contributed by atoms with Crippen molar-refractivity contribution in [1.82, 2.24) is 4.90 Å². The molecule has 0 spiro atoms. The molecule has 138 valence electrons. The van der Waals surface area contributed by atoms with Gasteiger partial charge in [-0.15, -0.1) is 0 Å². The van der Waals surface area contributed by atoms with E-state index < -0.39 is 5.97 Å². The number of methoxy groups -OCH3 is 2. The summed E-state index contributed by atoms with van der Waals surface area (Å²) in [7, 11) is 4.61. The Morgan fingerprint density at radius 1 is 1.00 bits per heavy atom. The quantitative estimate of drug-likeness (QED) is 0.693. The van der Waals surface area contributed by atoms with Gasteiger partial charge < -0.3 is 19.1 Å². The van der Waals surface area contributed by atoms with E-state index >= 15 is 0 Å². The average molecular weight is 378 g/mol. The minimum absolute atomic E-state index is 0.245. The predicted octanol–water partition coefficient (Wildman–Crippen LogP) is 3.17. The monoisotopic (exact) mass is 377 g/mol. The van der Waals surface area contributed by atoms with Gasteiger partial charge in [0.05, 0.1) is 19.8 Å². The Kier molecular flexibility index (Phi) is 6.86. The molecule has 0 aliphatic carbocycles. The van der Waals surface area contributed by atoms with Gasteiger partial charge in [-0.25, -0.2) is 4.79 Å². The molecular formula is C19H20ClNO5. The van der Waals surface area contributed by atoms with Gasteiger partial charge >= 0.3 is 5.97 Å². The second kappa shape index (κ2) is 9.10. The molecule has 2 aromatic rings. The molecule has 26 heavy (non-hydrogen) atoms. The van der Waals surface area contributed by atoms with E-state index in [4.69, 9.17) is 25.8 Å². The molecule has 0 atom stereocenters. The highest BCUT2D eigenvalue weighted by molar-refractivity contribution is 6.30. The first-order valence-corrected chi connectivity index (χ1v) is 8.19. The number of carbonyl (C=O) groups excluding carboxylic acids is 2. The van der Waals surface area contributed by atoms with Gasteiger partial charge in [0.25, 0.3) is 5.91 Å². The van der Waals surface area contributed by atoms with Crippen molar-refractivity contribution in [3.05, 3.63) is 58.6 Å². The Morgan fingerprint density at radius 2 is 1.58 bits per heavy atom. The van der Waals surface area contributed by atoms with E-state index in [1.807, 2.05) is 12.1 Å². The molecule has 6 nitrogen and oxygen atoms in total. The highest BCUT2D eigenvalue weighted by Crippen LogP contribution is 2.23. The van der Waals surface area contributed by atoms with Crippen LogP contribution >= 0.6 is 11.6 Å². The van der Waals surface area contributed by atoms with Crippen molar-refractivity contribution in [1.29, 1.82) is 0 Å². The van der Waals surface area contributed by atoms with E-state index in [1.54, 1.807) is 25.2 Å². The van der Waals surface area contributed by atoms with Crippen molar-refractivity contribution in [3.8, 4) is 11.5 Å². The molecule has 7 heteroatoms. The number of ether oxygens (including phenoxy) is 3. The van der Waals surface area contributed by atoms with Crippen LogP contribution in [0.4, 0.5) is 0 Å². The predicted molar refractivity (Wildman–Crippen MR) is 97.8 cm³/mol. The molecule has 0 aliphatic heterocycles. The fourth-order valence-corrected chi connectivity index (χ4v) is 2.32. The third-order valence-electron chi connectivity index (χ3n) is 3.67. The number of hydrogen-bond donors (Lipinski definition) is 0. The Bertz CT molecular complexity index is 754. The zero-order chi connectivity index (χ0) is 19.1. The van der Waals surface area contributed by atoms with E-state index in [1.165, 1.54) is 31.3 Å². The topological polar surface area (TPSA) is 65.1 Å². The lowest BCUT2D eigenvalue weighted by Gasteiger charge is -2.17. The zero-order valence-corrected chi connectivity index (χ0v) is 15.6. The molecule has 0 unspecified atom stereocenters. The van der Waals surface area contributed by atoms with E-state index in [0.29, 0.717) is 23.1 Å². The number of nitrogens with zero attached hydrogens (tertiary/aromatic N) is 1. The van der Waals surface area contributed by atoms with Crippen LogP contribution in [0.2, 0.25) is 5.02 Å². The molecular weight excluding hydrogens is 358 g/mol. The SMILES string of the molecule is COc1cc(OC)cc(C(=O)OCC(=O)N(C)Cc2ccc(Cl)cc2)c1. The molecule has 0 aliphatic rings. The molecule has 0 saturated carbocycles. The lowest BCUT2D eigenvalue weighted by molar-refractivity contribution is -0.133. The maximum atomic E-state index is 12.2. The summed E-state index contributed by atoms with van der Waals surface area (Å²) in [6.07, 6.45) is 0. The van der Waals surface area contributed by atoms with Crippen molar-refractivity contribution in [3.63, 3.8) is 0 Å². The van der Waals surface area contributed by atoms with Gasteiger partial charge in [0, 0.05) is 24.7 Å². The standard InChI is InChI=1S/C19H20ClNO5/c1-21(11-13-4-6-15(20)7-5-13)18(22)12-26-19(23)14-8-16(24-2)10-17(9-14)25-3/h4-10H,11-12H2,1-3H3. The van der Waals surface area contributed by atoms with E-state index in [-0.39, 0.29) is 18.1 Å². The van der Waals surface area contributed by atoms with Gasteiger partial charge in [-0.1, -0.05) is 23.7 Å². The Morgan fingerprint density at radius 3 is 2.12 bits per heavy atom. The van der Waals surface area contributed by atoms with Crippen LogP contribution in [0.3, 0.4) is 0 Å². The van der Waals surface area contributed by atoms with Crippen LogP contribution < -0.4 is 9.47 Å². The van der Waals surface area contributed by atoms with Gasteiger partial charge in [0.1, 0.15) is 11.5 Å². The second-order valence-corrected chi connectivity index (χ2v) is 5.99.